The number of benzene rings is 1. The van der Waals surface area contributed by atoms with Crippen LogP contribution in [0, 0.1) is 6.92 Å². The third-order valence-electron chi connectivity index (χ3n) is 5.61. The molecule has 0 fully saturated rings. The second kappa shape index (κ2) is 11.4. The monoisotopic (exact) mass is 540 g/mol. The first kappa shape index (κ1) is 26.1. The number of hydrogen-bond acceptors (Lipinski definition) is 8. The molecule has 1 N–H and O–H groups in total. The van der Waals surface area contributed by atoms with Crippen LogP contribution in [0.2, 0.25) is 0 Å². The van der Waals surface area contributed by atoms with E-state index in [0.717, 1.165) is 28.1 Å². The summed E-state index contributed by atoms with van der Waals surface area (Å²) < 4.78 is 7.03. The summed E-state index contributed by atoms with van der Waals surface area (Å²) in [5.41, 5.74) is 4.16. The Morgan fingerprint density at radius 3 is 2.50 bits per heavy atom. The summed E-state index contributed by atoms with van der Waals surface area (Å²) in [5, 5.41) is 16.7. The smallest absolute Gasteiger partial charge is 0.341 e. The van der Waals surface area contributed by atoms with Gasteiger partial charge in [0.25, 0.3) is 0 Å². The van der Waals surface area contributed by atoms with Crippen LogP contribution in [0.15, 0.2) is 46.2 Å². The van der Waals surface area contributed by atoms with Crippen LogP contribution in [0.3, 0.4) is 0 Å². The van der Waals surface area contributed by atoms with E-state index in [-0.39, 0.29) is 11.7 Å². The molecule has 0 aliphatic heterocycles. The predicted molar refractivity (Wildman–Crippen MR) is 148 cm³/mol. The van der Waals surface area contributed by atoms with E-state index in [1.165, 1.54) is 35.1 Å². The van der Waals surface area contributed by atoms with Crippen LogP contribution < -0.4 is 5.32 Å². The van der Waals surface area contributed by atoms with Gasteiger partial charge >= 0.3 is 5.97 Å². The molecule has 0 aliphatic rings. The Hall–Kier alpha value is -2.95. The number of carbonyl (C=O) groups excluding carboxylic acids is 2. The molecular formula is C26H28N4O3S3. The van der Waals surface area contributed by atoms with Gasteiger partial charge in [-0.25, -0.2) is 4.79 Å². The summed E-state index contributed by atoms with van der Waals surface area (Å²) in [7, 11) is 1.34. The van der Waals surface area contributed by atoms with Crippen molar-refractivity contribution < 1.29 is 14.3 Å². The zero-order valence-electron chi connectivity index (χ0n) is 20.8. The fourth-order valence-corrected chi connectivity index (χ4v) is 6.34. The number of ether oxygens (including phenoxy) is 1. The Morgan fingerprint density at radius 1 is 1.11 bits per heavy atom. The normalized spacial score (nSPS) is 11.2. The van der Waals surface area contributed by atoms with E-state index >= 15 is 0 Å². The third-order valence-corrected chi connectivity index (χ3v) is 8.70. The maximum Gasteiger partial charge on any atom is 0.341 e. The SMILES string of the molecule is CCn1c(SCC(=O)Nc2scc(-c3ccc(C)cc3)c2C(=O)OC)nnc1-c1csc(C(C)C)c1. The van der Waals surface area contributed by atoms with Crippen LogP contribution >= 0.6 is 34.4 Å². The van der Waals surface area contributed by atoms with Crippen LogP contribution in [-0.2, 0) is 16.1 Å². The van der Waals surface area contributed by atoms with Crippen LogP contribution in [0.1, 0.15) is 47.5 Å². The van der Waals surface area contributed by atoms with Crippen molar-refractivity contribution in [3.63, 3.8) is 0 Å². The fourth-order valence-electron chi connectivity index (χ4n) is 3.66. The van der Waals surface area contributed by atoms with Gasteiger partial charge in [0.1, 0.15) is 10.6 Å². The lowest BCUT2D eigenvalue weighted by Gasteiger charge is -2.09. The van der Waals surface area contributed by atoms with Gasteiger partial charge in [0.05, 0.1) is 12.9 Å². The van der Waals surface area contributed by atoms with Gasteiger partial charge in [0.15, 0.2) is 11.0 Å². The molecule has 188 valence electrons. The Kier molecular flexibility index (Phi) is 8.28. The first-order valence-corrected chi connectivity index (χ1v) is 14.3. The summed E-state index contributed by atoms with van der Waals surface area (Å²) in [6.07, 6.45) is 0. The number of amides is 1. The molecule has 3 heterocycles. The lowest BCUT2D eigenvalue weighted by Crippen LogP contribution is -2.16. The molecule has 0 radical (unpaired) electrons. The van der Waals surface area contributed by atoms with Gasteiger partial charge in [-0.3, -0.25) is 4.79 Å². The van der Waals surface area contributed by atoms with Crippen LogP contribution in [-0.4, -0.2) is 39.5 Å². The van der Waals surface area contributed by atoms with Crippen molar-refractivity contribution in [2.45, 2.75) is 45.3 Å². The van der Waals surface area contributed by atoms with E-state index in [4.69, 9.17) is 4.74 Å². The summed E-state index contributed by atoms with van der Waals surface area (Å²) in [5.74, 6) is 0.682. The molecule has 0 saturated heterocycles. The molecule has 0 atom stereocenters. The number of rotatable bonds is 9. The Bertz CT molecular complexity index is 1370. The summed E-state index contributed by atoms with van der Waals surface area (Å²) >= 11 is 4.35. The van der Waals surface area contributed by atoms with Gasteiger partial charge in [-0.1, -0.05) is 55.4 Å². The second-order valence-electron chi connectivity index (χ2n) is 8.49. The number of aromatic nitrogens is 3. The summed E-state index contributed by atoms with van der Waals surface area (Å²) in [6.45, 7) is 9.07. The highest BCUT2D eigenvalue weighted by Crippen LogP contribution is 2.37. The van der Waals surface area contributed by atoms with Gasteiger partial charge in [-0.05, 0) is 31.4 Å². The topological polar surface area (TPSA) is 86.1 Å². The number of anilines is 1. The number of thioether (sulfide) groups is 1. The van der Waals surface area contributed by atoms with E-state index in [2.05, 4.69) is 40.8 Å². The molecule has 0 spiro atoms. The molecule has 3 aromatic heterocycles. The predicted octanol–water partition coefficient (Wildman–Crippen LogP) is 6.70. The van der Waals surface area contributed by atoms with Crippen molar-refractivity contribution in [2.75, 3.05) is 18.2 Å². The fraction of sp³-hybridized carbons (Fsp3) is 0.308. The number of esters is 1. The Morgan fingerprint density at radius 2 is 1.86 bits per heavy atom. The highest BCUT2D eigenvalue weighted by atomic mass is 32.2. The van der Waals surface area contributed by atoms with Crippen molar-refractivity contribution in [2.24, 2.45) is 0 Å². The highest BCUT2D eigenvalue weighted by molar-refractivity contribution is 7.99. The van der Waals surface area contributed by atoms with E-state index in [1.54, 1.807) is 11.3 Å². The molecule has 4 aromatic rings. The first-order valence-electron chi connectivity index (χ1n) is 11.5. The molecule has 0 aliphatic carbocycles. The van der Waals surface area contributed by atoms with Crippen molar-refractivity contribution in [3.05, 3.63) is 57.1 Å². The number of hydrogen-bond donors (Lipinski definition) is 1. The number of nitrogens with zero attached hydrogens (tertiary/aromatic N) is 3. The van der Waals surface area contributed by atoms with Gasteiger partial charge in [-0.15, -0.1) is 32.9 Å². The first-order chi connectivity index (χ1) is 17.3. The van der Waals surface area contributed by atoms with Crippen molar-refractivity contribution in [1.29, 1.82) is 0 Å². The van der Waals surface area contributed by atoms with E-state index in [0.29, 0.717) is 28.2 Å². The van der Waals surface area contributed by atoms with Crippen LogP contribution in [0.25, 0.3) is 22.5 Å². The minimum atomic E-state index is -0.485. The molecule has 7 nitrogen and oxygen atoms in total. The molecule has 0 unspecified atom stereocenters. The van der Waals surface area contributed by atoms with Crippen LogP contribution in [0.5, 0.6) is 0 Å². The second-order valence-corrected chi connectivity index (χ2v) is 11.3. The molecule has 0 saturated carbocycles. The lowest BCUT2D eigenvalue weighted by atomic mass is 10.0. The average molecular weight is 541 g/mol. The van der Waals surface area contributed by atoms with Crippen molar-refractivity contribution in [1.82, 2.24) is 14.8 Å². The summed E-state index contributed by atoms with van der Waals surface area (Å²) in [4.78, 5) is 26.7. The molecule has 1 aromatic carbocycles. The number of nitrogens with one attached hydrogen (secondary N) is 1. The molecular weight excluding hydrogens is 513 g/mol. The van der Waals surface area contributed by atoms with E-state index in [1.807, 2.05) is 48.1 Å². The quantitative estimate of drug-likeness (QED) is 0.188. The number of carbonyl (C=O) groups is 2. The maximum absolute atomic E-state index is 12.9. The minimum Gasteiger partial charge on any atom is -0.465 e. The zero-order valence-corrected chi connectivity index (χ0v) is 23.3. The highest BCUT2D eigenvalue weighted by Gasteiger charge is 2.23. The molecule has 36 heavy (non-hydrogen) atoms. The molecule has 1 amide bonds. The van der Waals surface area contributed by atoms with Crippen molar-refractivity contribution in [3.8, 4) is 22.5 Å². The number of aryl methyl sites for hydroxylation is 1. The van der Waals surface area contributed by atoms with Gasteiger partial charge < -0.3 is 14.6 Å². The Labute approximate surface area is 222 Å². The third kappa shape index (κ3) is 5.55. The molecule has 0 bridgehead atoms. The zero-order chi connectivity index (χ0) is 25.8. The van der Waals surface area contributed by atoms with E-state index < -0.39 is 5.97 Å². The number of methoxy groups -OCH3 is 1. The minimum absolute atomic E-state index is 0.136. The standard InChI is InChI=1S/C26H28N4O3S3/c1-6-30-23(18-11-20(15(2)3)34-12-18)28-29-26(30)36-14-21(31)27-24-22(25(32)33-5)19(13-35-24)17-9-7-16(4)8-10-17/h7-13,15H,6,14H2,1-5H3,(H,27,31). The summed E-state index contributed by atoms with van der Waals surface area (Å²) in [6, 6.07) is 10.0. The van der Waals surface area contributed by atoms with Crippen LogP contribution in [0.4, 0.5) is 5.00 Å². The number of thiophene rings is 2. The average Bonchev–Trinajstić information content (AvgIpc) is 3.60. The maximum atomic E-state index is 12.9. The lowest BCUT2D eigenvalue weighted by molar-refractivity contribution is -0.113. The van der Waals surface area contributed by atoms with Crippen molar-refractivity contribution >= 4 is 51.3 Å². The largest absolute Gasteiger partial charge is 0.465 e. The molecule has 4 rings (SSSR count). The van der Waals surface area contributed by atoms with Gasteiger partial charge in [0, 0.05) is 33.3 Å². The van der Waals surface area contributed by atoms with E-state index in [9.17, 15) is 9.59 Å². The Balaban J connectivity index is 1.49. The van der Waals surface area contributed by atoms with Gasteiger partial charge in [0.2, 0.25) is 5.91 Å². The molecule has 10 heteroatoms. The van der Waals surface area contributed by atoms with Gasteiger partial charge in [-0.2, -0.15) is 0 Å².